The molecule has 2 aliphatic rings. The van der Waals surface area contributed by atoms with E-state index in [-0.39, 0.29) is 11.3 Å². The van der Waals surface area contributed by atoms with Crippen LogP contribution in [0.5, 0.6) is 0 Å². The number of carbonyl (C=O) groups is 1. The molecular formula is C14H25NO. The van der Waals surface area contributed by atoms with Crippen molar-refractivity contribution in [3.63, 3.8) is 0 Å². The summed E-state index contributed by atoms with van der Waals surface area (Å²) in [7, 11) is 0. The molecule has 2 saturated carbocycles. The highest BCUT2D eigenvalue weighted by molar-refractivity contribution is 5.82. The highest BCUT2D eigenvalue weighted by Gasteiger charge is 2.50. The van der Waals surface area contributed by atoms with Gasteiger partial charge in [-0.05, 0) is 24.7 Å². The minimum Gasteiger partial charge on any atom is -0.353 e. The van der Waals surface area contributed by atoms with Gasteiger partial charge in [-0.1, -0.05) is 46.0 Å². The third kappa shape index (κ3) is 2.99. The topological polar surface area (TPSA) is 29.1 Å². The molecule has 1 unspecified atom stereocenters. The lowest BCUT2D eigenvalue weighted by Gasteiger charge is -2.21. The van der Waals surface area contributed by atoms with Crippen LogP contribution in [-0.2, 0) is 4.79 Å². The van der Waals surface area contributed by atoms with Gasteiger partial charge in [0.2, 0.25) is 5.91 Å². The van der Waals surface area contributed by atoms with Crippen LogP contribution < -0.4 is 5.32 Å². The van der Waals surface area contributed by atoms with E-state index in [4.69, 9.17) is 0 Å². The van der Waals surface area contributed by atoms with Gasteiger partial charge in [-0.2, -0.15) is 0 Å². The Hall–Kier alpha value is -0.530. The molecule has 0 aromatic carbocycles. The van der Waals surface area contributed by atoms with Crippen molar-refractivity contribution in [3.05, 3.63) is 0 Å². The van der Waals surface area contributed by atoms with E-state index in [1.54, 1.807) is 0 Å². The van der Waals surface area contributed by atoms with Crippen LogP contribution in [0, 0.1) is 11.3 Å². The number of hydrogen-bond acceptors (Lipinski definition) is 1. The van der Waals surface area contributed by atoms with Crippen LogP contribution >= 0.6 is 0 Å². The van der Waals surface area contributed by atoms with Gasteiger partial charge < -0.3 is 5.32 Å². The summed E-state index contributed by atoms with van der Waals surface area (Å²) in [5, 5.41) is 3.27. The van der Waals surface area contributed by atoms with Crippen molar-refractivity contribution in [3.8, 4) is 0 Å². The average molecular weight is 223 g/mol. The smallest absolute Gasteiger partial charge is 0.223 e. The van der Waals surface area contributed by atoms with Crippen molar-refractivity contribution < 1.29 is 4.79 Å². The Bertz CT molecular complexity index is 251. The van der Waals surface area contributed by atoms with Gasteiger partial charge >= 0.3 is 0 Å². The summed E-state index contributed by atoms with van der Waals surface area (Å²) < 4.78 is 0. The highest BCUT2D eigenvalue weighted by atomic mass is 16.2. The lowest BCUT2D eigenvalue weighted by molar-refractivity contribution is -0.123. The minimum atomic E-state index is 0.270. The van der Waals surface area contributed by atoms with Gasteiger partial charge in [0, 0.05) is 12.0 Å². The van der Waals surface area contributed by atoms with E-state index in [2.05, 4.69) is 19.2 Å². The Balaban J connectivity index is 1.77. The van der Waals surface area contributed by atoms with Crippen molar-refractivity contribution in [1.29, 1.82) is 0 Å². The molecule has 2 rings (SSSR count). The van der Waals surface area contributed by atoms with Gasteiger partial charge in [0.25, 0.3) is 0 Å². The summed E-state index contributed by atoms with van der Waals surface area (Å²) in [6.45, 7) is 4.38. The van der Waals surface area contributed by atoms with E-state index >= 15 is 0 Å². The van der Waals surface area contributed by atoms with Crippen LogP contribution in [0.3, 0.4) is 0 Å². The van der Waals surface area contributed by atoms with Gasteiger partial charge in [-0.3, -0.25) is 4.79 Å². The van der Waals surface area contributed by atoms with Crippen LogP contribution in [0.4, 0.5) is 0 Å². The molecular weight excluding hydrogens is 198 g/mol. The number of amides is 1. The standard InChI is InChI=1S/C14H25NO/c1-14(2)10-12(14)13(16)15-11-8-6-4-3-5-7-9-11/h11-12H,3-10H2,1-2H3,(H,15,16). The molecule has 2 nitrogen and oxygen atoms in total. The molecule has 2 heteroatoms. The third-order valence-corrected chi connectivity index (χ3v) is 4.28. The molecule has 0 aliphatic heterocycles. The molecule has 16 heavy (non-hydrogen) atoms. The fraction of sp³-hybridized carbons (Fsp3) is 0.929. The summed E-state index contributed by atoms with van der Waals surface area (Å²) >= 11 is 0. The second-order valence-corrected chi connectivity index (χ2v) is 6.30. The Morgan fingerprint density at radius 2 is 1.56 bits per heavy atom. The van der Waals surface area contributed by atoms with Crippen molar-refractivity contribution in [2.24, 2.45) is 11.3 Å². The first-order valence-corrected chi connectivity index (χ1v) is 6.90. The fourth-order valence-electron chi connectivity index (χ4n) is 2.82. The van der Waals surface area contributed by atoms with E-state index in [0.717, 1.165) is 6.42 Å². The molecule has 0 radical (unpaired) electrons. The molecule has 1 N–H and O–H groups in total. The van der Waals surface area contributed by atoms with Gasteiger partial charge in [0.1, 0.15) is 0 Å². The zero-order chi connectivity index (χ0) is 11.6. The first-order valence-electron chi connectivity index (χ1n) is 6.90. The van der Waals surface area contributed by atoms with Gasteiger partial charge in [0.05, 0.1) is 0 Å². The monoisotopic (exact) mass is 223 g/mol. The van der Waals surface area contributed by atoms with Gasteiger partial charge in [-0.15, -0.1) is 0 Å². The molecule has 0 bridgehead atoms. The van der Waals surface area contributed by atoms with E-state index in [1.807, 2.05) is 0 Å². The summed E-state index contributed by atoms with van der Waals surface area (Å²) in [6.07, 6.45) is 10.1. The summed E-state index contributed by atoms with van der Waals surface area (Å²) in [5.41, 5.74) is 0.270. The first kappa shape index (κ1) is 11.9. The van der Waals surface area contributed by atoms with Gasteiger partial charge in [0.15, 0.2) is 0 Å². The van der Waals surface area contributed by atoms with Crippen LogP contribution in [0.2, 0.25) is 0 Å². The van der Waals surface area contributed by atoms with E-state index in [1.165, 1.54) is 44.9 Å². The molecule has 0 aromatic heterocycles. The van der Waals surface area contributed by atoms with Crippen LogP contribution in [0.15, 0.2) is 0 Å². The molecule has 1 atom stereocenters. The Kier molecular flexibility index (Phi) is 3.56. The summed E-state index contributed by atoms with van der Waals surface area (Å²) in [6, 6.07) is 0.462. The normalized spacial score (nSPS) is 30.2. The third-order valence-electron chi connectivity index (χ3n) is 4.28. The van der Waals surface area contributed by atoms with E-state index in [9.17, 15) is 4.79 Å². The number of hydrogen-bond donors (Lipinski definition) is 1. The maximum atomic E-state index is 12.0. The lowest BCUT2D eigenvalue weighted by atomic mass is 9.96. The van der Waals surface area contributed by atoms with E-state index in [0.29, 0.717) is 11.9 Å². The van der Waals surface area contributed by atoms with Crippen LogP contribution in [-0.4, -0.2) is 11.9 Å². The average Bonchev–Trinajstić information content (AvgIpc) is 2.80. The first-order chi connectivity index (χ1) is 7.59. The number of nitrogens with one attached hydrogen (secondary N) is 1. The second kappa shape index (κ2) is 4.77. The molecule has 2 fully saturated rings. The van der Waals surface area contributed by atoms with Crippen molar-refractivity contribution in [2.45, 2.75) is 71.3 Å². The molecule has 0 saturated heterocycles. The van der Waals surface area contributed by atoms with Crippen molar-refractivity contribution in [2.75, 3.05) is 0 Å². The Labute approximate surface area is 99.2 Å². The molecule has 0 spiro atoms. The maximum Gasteiger partial charge on any atom is 0.223 e. The summed E-state index contributed by atoms with van der Waals surface area (Å²) in [4.78, 5) is 12.0. The fourth-order valence-corrected chi connectivity index (χ4v) is 2.82. The largest absolute Gasteiger partial charge is 0.353 e. The van der Waals surface area contributed by atoms with Crippen molar-refractivity contribution in [1.82, 2.24) is 5.32 Å². The zero-order valence-electron chi connectivity index (χ0n) is 10.7. The quantitative estimate of drug-likeness (QED) is 0.765. The van der Waals surface area contributed by atoms with Crippen LogP contribution in [0.25, 0.3) is 0 Å². The maximum absolute atomic E-state index is 12.0. The molecule has 2 aliphatic carbocycles. The number of rotatable bonds is 2. The lowest BCUT2D eigenvalue weighted by Crippen LogP contribution is -2.37. The van der Waals surface area contributed by atoms with Crippen LogP contribution in [0.1, 0.15) is 65.2 Å². The van der Waals surface area contributed by atoms with Crippen molar-refractivity contribution >= 4 is 5.91 Å². The highest BCUT2D eigenvalue weighted by Crippen LogP contribution is 2.51. The zero-order valence-corrected chi connectivity index (χ0v) is 10.7. The minimum absolute atomic E-state index is 0.270. The van der Waals surface area contributed by atoms with Gasteiger partial charge in [-0.25, -0.2) is 0 Å². The predicted molar refractivity (Wildman–Crippen MR) is 66.1 cm³/mol. The second-order valence-electron chi connectivity index (χ2n) is 6.30. The SMILES string of the molecule is CC1(C)CC1C(=O)NC1CCCCCCC1. The molecule has 0 aromatic rings. The van der Waals surface area contributed by atoms with E-state index < -0.39 is 0 Å². The summed E-state index contributed by atoms with van der Waals surface area (Å²) in [5.74, 6) is 0.605. The molecule has 0 heterocycles. The molecule has 92 valence electrons. The number of carbonyl (C=O) groups excluding carboxylic acids is 1. The Morgan fingerprint density at radius 1 is 1.06 bits per heavy atom. The Morgan fingerprint density at radius 3 is 2.06 bits per heavy atom. The molecule has 1 amide bonds. The predicted octanol–water partition coefficient (Wildman–Crippen LogP) is 3.26.